The van der Waals surface area contributed by atoms with Gasteiger partial charge in [-0.15, -0.1) is 10.2 Å². The van der Waals surface area contributed by atoms with Crippen LogP contribution in [0.15, 0.2) is 65.8 Å². The minimum absolute atomic E-state index is 0.230. The number of hydrogen-bond donors (Lipinski definition) is 1. The van der Waals surface area contributed by atoms with Crippen molar-refractivity contribution in [3.05, 3.63) is 83.4 Å². The van der Waals surface area contributed by atoms with Gasteiger partial charge in [0.25, 0.3) is 0 Å². The zero-order valence-electron chi connectivity index (χ0n) is 15.3. The third-order valence-corrected chi connectivity index (χ3v) is 5.56. The van der Waals surface area contributed by atoms with Crippen molar-refractivity contribution in [3.8, 4) is 5.75 Å². The van der Waals surface area contributed by atoms with Crippen molar-refractivity contribution >= 4 is 22.5 Å². The molecule has 0 aliphatic rings. The van der Waals surface area contributed by atoms with Crippen molar-refractivity contribution in [1.82, 2.24) is 14.9 Å². The van der Waals surface area contributed by atoms with E-state index in [4.69, 9.17) is 10.6 Å². The molecule has 1 heterocycles. The zero-order chi connectivity index (χ0) is 19.5. The fourth-order valence-electron chi connectivity index (χ4n) is 3.09. The minimum Gasteiger partial charge on any atom is -0.494 e. The molecule has 0 bridgehead atoms. The van der Waals surface area contributed by atoms with Crippen LogP contribution in [0, 0.1) is 5.82 Å². The summed E-state index contributed by atoms with van der Waals surface area (Å²) in [6, 6.07) is 19.3. The molecule has 0 atom stereocenters. The van der Waals surface area contributed by atoms with Crippen LogP contribution in [0.5, 0.6) is 5.75 Å². The molecular formula is C21H19FN4OS. The van der Waals surface area contributed by atoms with Gasteiger partial charge in [0.1, 0.15) is 0 Å². The molecular weight excluding hydrogens is 375 g/mol. The first-order valence-corrected chi connectivity index (χ1v) is 9.75. The van der Waals surface area contributed by atoms with Crippen LogP contribution in [0.2, 0.25) is 0 Å². The highest BCUT2D eigenvalue weighted by Gasteiger charge is 2.13. The average Bonchev–Trinajstić information content (AvgIpc) is 3.06. The molecule has 0 saturated heterocycles. The lowest BCUT2D eigenvalue weighted by molar-refractivity contribution is 0.386. The second kappa shape index (κ2) is 7.90. The van der Waals surface area contributed by atoms with Crippen molar-refractivity contribution in [2.75, 3.05) is 13.0 Å². The summed E-state index contributed by atoms with van der Waals surface area (Å²) in [5.74, 6) is 7.27. The van der Waals surface area contributed by atoms with Gasteiger partial charge in [0.2, 0.25) is 5.16 Å². The van der Waals surface area contributed by atoms with Gasteiger partial charge in [-0.25, -0.2) is 9.07 Å². The highest BCUT2D eigenvalue weighted by molar-refractivity contribution is 7.98. The number of aromatic nitrogens is 3. The Kier molecular flexibility index (Phi) is 5.16. The summed E-state index contributed by atoms with van der Waals surface area (Å²) in [5.41, 5.74) is 1.97. The first kappa shape index (κ1) is 18.3. The summed E-state index contributed by atoms with van der Waals surface area (Å²) >= 11 is 1.41. The summed E-state index contributed by atoms with van der Waals surface area (Å²) in [6.07, 6.45) is 0.586. The topological polar surface area (TPSA) is 66.0 Å². The van der Waals surface area contributed by atoms with Crippen LogP contribution >= 0.6 is 11.8 Å². The van der Waals surface area contributed by atoms with Gasteiger partial charge in [0.15, 0.2) is 17.4 Å². The van der Waals surface area contributed by atoms with E-state index in [0.29, 0.717) is 23.2 Å². The van der Waals surface area contributed by atoms with Gasteiger partial charge in [-0.3, -0.25) is 0 Å². The number of nitrogen functional groups attached to an aromatic ring is 1. The zero-order valence-corrected chi connectivity index (χ0v) is 16.1. The quantitative estimate of drug-likeness (QED) is 0.393. The lowest BCUT2D eigenvalue weighted by Crippen LogP contribution is -2.14. The van der Waals surface area contributed by atoms with E-state index in [1.807, 2.05) is 24.3 Å². The number of methoxy groups -OCH3 is 1. The fourth-order valence-corrected chi connectivity index (χ4v) is 3.91. The number of thioether (sulfide) groups is 1. The maximum atomic E-state index is 13.8. The second-order valence-electron chi connectivity index (χ2n) is 6.34. The second-order valence-corrected chi connectivity index (χ2v) is 7.28. The van der Waals surface area contributed by atoms with Crippen LogP contribution in [0.3, 0.4) is 0 Å². The summed E-state index contributed by atoms with van der Waals surface area (Å²) in [7, 11) is 1.45. The minimum atomic E-state index is -0.383. The number of halogens is 1. The smallest absolute Gasteiger partial charge is 0.210 e. The Balaban J connectivity index is 1.50. The molecule has 0 aliphatic heterocycles. The molecule has 0 aliphatic carbocycles. The van der Waals surface area contributed by atoms with Crippen molar-refractivity contribution in [3.63, 3.8) is 0 Å². The Morgan fingerprint density at radius 1 is 1.07 bits per heavy atom. The van der Waals surface area contributed by atoms with Crippen LogP contribution < -0.4 is 10.6 Å². The Labute approximate surface area is 166 Å². The summed E-state index contributed by atoms with van der Waals surface area (Å²) in [6.45, 7) is 0. The number of rotatable bonds is 6. The van der Waals surface area contributed by atoms with Gasteiger partial charge in [0, 0.05) is 12.2 Å². The Morgan fingerprint density at radius 2 is 1.89 bits per heavy atom. The van der Waals surface area contributed by atoms with Crippen LogP contribution in [0.4, 0.5) is 4.39 Å². The Hall–Kier alpha value is -3.06. The summed E-state index contributed by atoms with van der Waals surface area (Å²) in [4.78, 5) is 0. The van der Waals surface area contributed by atoms with Gasteiger partial charge in [0.05, 0.1) is 7.11 Å². The first-order valence-electron chi connectivity index (χ1n) is 8.77. The van der Waals surface area contributed by atoms with E-state index in [0.717, 1.165) is 11.1 Å². The van der Waals surface area contributed by atoms with E-state index in [-0.39, 0.29) is 11.6 Å². The van der Waals surface area contributed by atoms with Gasteiger partial charge < -0.3 is 10.6 Å². The molecule has 0 fully saturated rings. The first-order chi connectivity index (χ1) is 13.7. The van der Waals surface area contributed by atoms with E-state index < -0.39 is 0 Å². The molecule has 0 saturated carbocycles. The molecule has 0 unspecified atom stereocenters. The number of nitrogens with zero attached hydrogens (tertiary/aromatic N) is 3. The highest BCUT2D eigenvalue weighted by Crippen LogP contribution is 2.25. The maximum absolute atomic E-state index is 13.8. The van der Waals surface area contributed by atoms with Crippen molar-refractivity contribution < 1.29 is 9.13 Å². The highest BCUT2D eigenvalue weighted by atomic mass is 32.2. The molecule has 7 heteroatoms. The van der Waals surface area contributed by atoms with E-state index in [1.165, 1.54) is 40.4 Å². The standard InChI is InChI=1S/C21H19FN4OS/c1-27-19-10-9-14(11-18(19)22)13-28-21-25-24-20(26(21)23)12-16-7-4-6-15-5-2-3-8-17(15)16/h2-11H,12-13,23H2,1H3. The molecule has 1 aromatic heterocycles. The van der Waals surface area contributed by atoms with Crippen LogP contribution in [-0.2, 0) is 12.2 Å². The number of nitrogens with two attached hydrogens (primary N) is 1. The van der Waals surface area contributed by atoms with Crippen molar-refractivity contribution in [2.24, 2.45) is 0 Å². The molecule has 0 spiro atoms. The van der Waals surface area contributed by atoms with E-state index in [2.05, 4.69) is 34.5 Å². The van der Waals surface area contributed by atoms with Gasteiger partial charge in [-0.05, 0) is 34.0 Å². The summed E-state index contributed by atoms with van der Waals surface area (Å²) in [5, 5.41) is 11.4. The molecule has 4 rings (SSSR count). The predicted molar refractivity (Wildman–Crippen MR) is 109 cm³/mol. The van der Waals surface area contributed by atoms with Crippen LogP contribution in [0.1, 0.15) is 17.0 Å². The van der Waals surface area contributed by atoms with Crippen molar-refractivity contribution in [2.45, 2.75) is 17.3 Å². The van der Waals surface area contributed by atoms with Gasteiger partial charge >= 0.3 is 0 Å². The van der Waals surface area contributed by atoms with Gasteiger partial charge in [-0.2, -0.15) is 0 Å². The number of hydrogen-bond acceptors (Lipinski definition) is 5. The van der Waals surface area contributed by atoms with E-state index in [1.54, 1.807) is 6.07 Å². The Bertz CT molecular complexity index is 1120. The molecule has 4 aromatic rings. The largest absolute Gasteiger partial charge is 0.494 e. The number of ether oxygens (including phenoxy) is 1. The molecule has 0 amide bonds. The third kappa shape index (κ3) is 3.66. The monoisotopic (exact) mass is 394 g/mol. The molecule has 2 N–H and O–H groups in total. The summed E-state index contributed by atoms with van der Waals surface area (Å²) < 4.78 is 20.3. The molecule has 0 radical (unpaired) electrons. The van der Waals surface area contributed by atoms with Crippen LogP contribution in [-0.4, -0.2) is 22.0 Å². The molecule has 3 aromatic carbocycles. The molecule has 5 nitrogen and oxygen atoms in total. The molecule has 28 heavy (non-hydrogen) atoms. The maximum Gasteiger partial charge on any atom is 0.210 e. The normalized spacial score (nSPS) is 11.1. The van der Waals surface area contributed by atoms with E-state index >= 15 is 0 Å². The third-order valence-electron chi connectivity index (χ3n) is 4.55. The Morgan fingerprint density at radius 3 is 2.71 bits per heavy atom. The lowest BCUT2D eigenvalue weighted by Gasteiger charge is -2.07. The van der Waals surface area contributed by atoms with Crippen molar-refractivity contribution in [1.29, 1.82) is 0 Å². The van der Waals surface area contributed by atoms with Crippen LogP contribution in [0.25, 0.3) is 10.8 Å². The molecule has 142 valence electrons. The number of benzene rings is 3. The lowest BCUT2D eigenvalue weighted by atomic mass is 10.0. The van der Waals surface area contributed by atoms with Gasteiger partial charge in [-0.1, -0.05) is 60.3 Å². The average molecular weight is 394 g/mol. The number of fused-ring (bicyclic) bond motifs is 1. The van der Waals surface area contributed by atoms with E-state index in [9.17, 15) is 4.39 Å². The predicted octanol–water partition coefficient (Wildman–Crippen LogP) is 4.18. The fraction of sp³-hybridized carbons (Fsp3) is 0.143. The SMILES string of the molecule is COc1ccc(CSc2nnc(Cc3cccc4ccccc34)n2N)cc1F.